The van der Waals surface area contributed by atoms with E-state index >= 15 is 0 Å². The fourth-order valence-electron chi connectivity index (χ4n) is 2.36. The molecule has 0 saturated heterocycles. The summed E-state index contributed by atoms with van der Waals surface area (Å²) in [6, 6.07) is 15.2. The van der Waals surface area contributed by atoms with Crippen molar-refractivity contribution in [3.63, 3.8) is 0 Å². The van der Waals surface area contributed by atoms with Crippen molar-refractivity contribution in [2.75, 3.05) is 0 Å². The molecule has 2 aromatic carbocycles. The van der Waals surface area contributed by atoms with Crippen molar-refractivity contribution in [3.05, 3.63) is 75.6 Å². The summed E-state index contributed by atoms with van der Waals surface area (Å²) >= 11 is 0. The number of ether oxygens (including phenoxy) is 1. The molecule has 0 N–H and O–H groups in total. The second kappa shape index (κ2) is 5.44. The quantitative estimate of drug-likeness (QED) is 0.681. The van der Waals surface area contributed by atoms with Crippen LogP contribution in [0.3, 0.4) is 0 Å². The van der Waals surface area contributed by atoms with E-state index in [-0.39, 0.29) is 5.63 Å². The van der Waals surface area contributed by atoms with Crippen LogP contribution >= 0.6 is 0 Å². The summed E-state index contributed by atoms with van der Waals surface area (Å²) in [6.45, 7) is 4.44. The lowest BCUT2D eigenvalue weighted by molar-refractivity contribution is 0.306. The molecule has 0 spiro atoms. The summed E-state index contributed by atoms with van der Waals surface area (Å²) in [5.41, 5.74) is 3.45. The molecule has 0 fully saturated rings. The Labute approximate surface area is 122 Å². The van der Waals surface area contributed by atoms with Gasteiger partial charge >= 0.3 is 5.63 Å². The number of benzene rings is 2. The Kier molecular flexibility index (Phi) is 3.48. The molecule has 0 aliphatic carbocycles. The first-order chi connectivity index (χ1) is 10.1. The van der Waals surface area contributed by atoms with Crippen LogP contribution in [0.2, 0.25) is 0 Å². The topological polar surface area (TPSA) is 39.4 Å². The monoisotopic (exact) mass is 280 g/mol. The maximum Gasteiger partial charge on any atom is 0.336 e. The highest BCUT2D eigenvalue weighted by atomic mass is 16.5. The summed E-state index contributed by atoms with van der Waals surface area (Å²) in [5.74, 6) is 0.692. The molecular weight excluding hydrogens is 264 g/mol. The Morgan fingerprint density at radius 1 is 1.05 bits per heavy atom. The van der Waals surface area contributed by atoms with E-state index in [2.05, 4.69) is 19.1 Å². The van der Waals surface area contributed by atoms with Crippen LogP contribution in [0.25, 0.3) is 11.0 Å². The van der Waals surface area contributed by atoms with Crippen LogP contribution in [0.1, 0.15) is 16.7 Å². The zero-order chi connectivity index (χ0) is 14.8. The van der Waals surface area contributed by atoms with Crippen molar-refractivity contribution < 1.29 is 9.15 Å². The van der Waals surface area contributed by atoms with E-state index in [4.69, 9.17) is 9.15 Å². The number of rotatable bonds is 3. The van der Waals surface area contributed by atoms with Gasteiger partial charge in [-0.3, -0.25) is 0 Å². The third kappa shape index (κ3) is 2.97. The SMILES string of the molecule is Cc1cccc(COc2ccc3c(C)cc(=O)oc3c2)c1. The molecule has 1 aromatic heterocycles. The third-order valence-corrected chi connectivity index (χ3v) is 3.41. The van der Waals surface area contributed by atoms with Crippen molar-refractivity contribution in [1.29, 1.82) is 0 Å². The van der Waals surface area contributed by atoms with Crippen molar-refractivity contribution in [3.8, 4) is 5.75 Å². The minimum Gasteiger partial charge on any atom is -0.489 e. The molecule has 0 bridgehead atoms. The van der Waals surface area contributed by atoms with Crippen molar-refractivity contribution >= 4 is 11.0 Å². The smallest absolute Gasteiger partial charge is 0.336 e. The van der Waals surface area contributed by atoms with Crippen molar-refractivity contribution in [1.82, 2.24) is 0 Å². The van der Waals surface area contributed by atoms with Gasteiger partial charge in [0.25, 0.3) is 0 Å². The average Bonchev–Trinajstić information content (AvgIpc) is 2.44. The van der Waals surface area contributed by atoms with E-state index in [9.17, 15) is 4.79 Å². The Morgan fingerprint density at radius 3 is 2.71 bits per heavy atom. The standard InChI is InChI=1S/C18H16O3/c1-12-4-3-5-14(8-12)11-20-15-6-7-16-13(2)9-18(19)21-17(16)10-15/h3-10H,11H2,1-2H3. The van der Waals surface area contributed by atoms with E-state index in [0.29, 0.717) is 17.9 Å². The van der Waals surface area contributed by atoms with Gasteiger partial charge in [0.15, 0.2) is 0 Å². The lowest BCUT2D eigenvalue weighted by Crippen LogP contribution is -1.99. The molecule has 3 rings (SSSR count). The fourth-order valence-corrected chi connectivity index (χ4v) is 2.36. The molecule has 0 aliphatic rings. The minimum absolute atomic E-state index is 0.337. The first-order valence-electron chi connectivity index (χ1n) is 6.85. The number of fused-ring (bicyclic) bond motifs is 1. The van der Waals surface area contributed by atoms with Crippen LogP contribution < -0.4 is 10.4 Å². The van der Waals surface area contributed by atoms with Gasteiger partial charge in [0, 0.05) is 17.5 Å². The molecule has 3 heteroatoms. The van der Waals surface area contributed by atoms with E-state index in [1.165, 1.54) is 11.6 Å². The predicted octanol–water partition coefficient (Wildman–Crippen LogP) is 3.99. The highest BCUT2D eigenvalue weighted by Gasteiger charge is 2.04. The van der Waals surface area contributed by atoms with Crippen molar-refractivity contribution in [2.24, 2.45) is 0 Å². The lowest BCUT2D eigenvalue weighted by atomic mass is 10.1. The highest BCUT2D eigenvalue weighted by molar-refractivity contribution is 5.81. The molecule has 1 heterocycles. The van der Waals surface area contributed by atoms with E-state index in [0.717, 1.165) is 16.5 Å². The molecule has 0 radical (unpaired) electrons. The molecule has 0 aliphatic heterocycles. The minimum atomic E-state index is -0.337. The van der Waals surface area contributed by atoms with E-state index < -0.39 is 0 Å². The van der Waals surface area contributed by atoms with Gasteiger partial charge < -0.3 is 9.15 Å². The van der Waals surface area contributed by atoms with Gasteiger partial charge in [-0.05, 0) is 37.1 Å². The molecule has 0 saturated carbocycles. The van der Waals surface area contributed by atoms with E-state index in [1.54, 1.807) is 6.07 Å². The third-order valence-electron chi connectivity index (χ3n) is 3.41. The molecule has 21 heavy (non-hydrogen) atoms. The summed E-state index contributed by atoms with van der Waals surface area (Å²) in [5, 5.41) is 0.928. The van der Waals surface area contributed by atoms with Crippen LogP contribution in [-0.4, -0.2) is 0 Å². The van der Waals surface area contributed by atoms with Crippen LogP contribution in [0.15, 0.2) is 57.7 Å². The molecule has 3 nitrogen and oxygen atoms in total. The molecule has 106 valence electrons. The largest absolute Gasteiger partial charge is 0.489 e. The van der Waals surface area contributed by atoms with Gasteiger partial charge in [0.1, 0.15) is 17.9 Å². The summed E-state index contributed by atoms with van der Waals surface area (Å²) in [4.78, 5) is 11.4. The Hall–Kier alpha value is -2.55. The van der Waals surface area contributed by atoms with Gasteiger partial charge in [0.2, 0.25) is 0 Å². The van der Waals surface area contributed by atoms with Crippen LogP contribution in [0.4, 0.5) is 0 Å². The Bertz CT molecular complexity index is 846. The maximum atomic E-state index is 11.4. The van der Waals surface area contributed by atoms with Gasteiger partial charge in [-0.25, -0.2) is 4.79 Å². The first-order valence-corrected chi connectivity index (χ1v) is 6.85. The Balaban J connectivity index is 1.86. The summed E-state index contributed by atoms with van der Waals surface area (Å²) in [6.07, 6.45) is 0. The van der Waals surface area contributed by atoms with Gasteiger partial charge in [-0.1, -0.05) is 29.8 Å². The normalized spacial score (nSPS) is 10.8. The molecular formula is C18H16O3. The highest BCUT2D eigenvalue weighted by Crippen LogP contribution is 2.23. The zero-order valence-electron chi connectivity index (χ0n) is 12.1. The lowest BCUT2D eigenvalue weighted by Gasteiger charge is -2.08. The van der Waals surface area contributed by atoms with Gasteiger partial charge in [0.05, 0.1) is 0 Å². The summed E-state index contributed by atoms with van der Waals surface area (Å²) < 4.78 is 11.0. The van der Waals surface area contributed by atoms with Crippen LogP contribution in [0.5, 0.6) is 5.75 Å². The average molecular weight is 280 g/mol. The van der Waals surface area contributed by atoms with Crippen LogP contribution in [-0.2, 0) is 6.61 Å². The second-order valence-electron chi connectivity index (χ2n) is 5.18. The molecule has 0 atom stereocenters. The molecule has 0 unspecified atom stereocenters. The van der Waals surface area contributed by atoms with Crippen molar-refractivity contribution in [2.45, 2.75) is 20.5 Å². The number of hydrogen-bond acceptors (Lipinski definition) is 3. The first kappa shape index (κ1) is 13.4. The maximum absolute atomic E-state index is 11.4. The van der Waals surface area contributed by atoms with Gasteiger partial charge in [-0.2, -0.15) is 0 Å². The molecule has 3 aromatic rings. The number of aryl methyl sites for hydroxylation is 2. The predicted molar refractivity (Wildman–Crippen MR) is 82.7 cm³/mol. The Morgan fingerprint density at radius 2 is 1.90 bits per heavy atom. The van der Waals surface area contributed by atoms with E-state index in [1.807, 2.05) is 31.2 Å². The van der Waals surface area contributed by atoms with Gasteiger partial charge in [-0.15, -0.1) is 0 Å². The van der Waals surface area contributed by atoms with Crippen LogP contribution in [0, 0.1) is 13.8 Å². The summed E-state index contributed by atoms with van der Waals surface area (Å²) in [7, 11) is 0. The fraction of sp³-hybridized carbons (Fsp3) is 0.167. The second-order valence-corrected chi connectivity index (χ2v) is 5.18. The zero-order valence-corrected chi connectivity index (χ0v) is 12.1. The molecule has 0 amide bonds. The number of hydrogen-bond donors (Lipinski definition) is 0.